The minimum atomic E-state index is 0.0564. The van der Waals surface area contributed by atoms with Gasteiger partial charge >= 0.3 is 0 Å². The molecule has 3 aliphatic rings. The molecule has 1 saturated heterocycles. The first-order chi connectivity index (χ1) is 14.7. The zero-order valence-electron chi connectivity index (χ0n) is 16.9. The molecule has 8 heteroatoms. The second kappa shape index (κ2) is 7.37. The van der Waals surface area contributed by atoms with E-state index in [-0.39, 0.29) is 5.56 Å². The maximum atomic E-state index is 12.7. The smallest absolute Gasteiger partial charge is 0.260 e. The zero-order chi connectivity index (χ0) is 20.1. The molecule has 0 unspecified atom stereocenters. The molecular formula is C22H26N4O3S+2. The number of fused-ring (bicyclic) bond motifs is 4. The van der Waals surface area contributed by atoms with E-state index in [1.165, 1.54) is 27.3 Å². The third-order valence-corrected chi connectivity index (χ3v) is 7.78. The summed E-state index contributed by atoms with van der Waals surface area (Å²) in [5, 5.41) is 0.851. The Hall–Kier alpha value is -2.42. The fourth-order valence-electron chi connectivity index (χ4n) is 5.02. The number of nitrogens with zero attached hydrogens (tertiary/aromatic N) is 1. The fraction of sp³-hybridized carbons (Fsp3) is 0.455. The molecule has 1 fully saturated rings. The summed E-state index contributed by atoms with van der Waals surface area (Å²) in [6.07, 6.45) is 3.30. The lowest BCUT2D eigenvalue weighted by Gasteiger charge is -2.29. The van der Waals surface area contributed by atoms with Gasteiger partial charge in [-0.1, -0.05) is 0 Å². The normalized spacial score (nSPS) is 22.5. The zero-order valence-corrected chi connectivity index (χ0v) is 17.7. The van der Waals surface area contributed by atoms with Crippen LogP contribution in [0.1, 0.15) is 28.2 Å². The third-order valence-electron chi connectivity index (χ3n) is 6.60. The van der Waals surface area contributed by atoms with E-state index >= 15 is 0 Å². The van der Waals surface area contributed by atoms with Crippen molar-refractivity contribution in [3.05, 3.63) is 50.4 Å². The first-order valence-electron chi connectivity index (χ1n) is 10.8. The highest BCUT2D eigenvalue weighted by Crippen LogP contribution is 2.34. The van der Waals surface area contributed by atoms with Crippen molar-refractivity contribution < 1.29 is 19.3 Å². The molecule has 0 bridgehead atoms. The highest BCUT2D eigenvalue weighted by molar-refractivity contribution is 7.18. The van der Waals surface area contributed by atoms with Crippen LogP contribution >= 0.6 is 11.3 Å². The van der Waals surface area contributed by atoms with Crippen LogP contribution in [-0.4, -0.2) is 42.9 Å². The lowest BCUT2D eigenvalue weighted by atomic mass is 10.1. The van der Waals surface area contributed by atoms with Gasteiger partial charge in [-0.2, -0.15) is 0 Å². The SMILES string of the molecule is O=c1[nH]c(C[NH+]2CC[NH+](Cc3ccc4c(c3)OCO4)CC2)nc2sc3c(c12)CCC3. The van der Waals surface area contributed by atoms with Gasteiger partial charge in [-0.15, -0.1) is 11.3 Å². The molecule has 0 amide bonds. The summed E-state index contributed by atoms with van der Waals surface area (Å²) in [4.78, 5) is 26.0. The number of aromatic nitrogens is 2. The van der Waals surface area contributed by atoms with Crippen LogP contribution in [0.4, 0.5) is 0 Å². The van der Waals surface area contributed by atoms with E-state index in [2.05, 4.69) is 17.1 Å². The van der Waals surface area contributed by atoms with Gasteiger partial charge in [0.05, 0.1) is 5.39 Å². The summed E-state index contributed by atoms with van der Waals surface area (Å²) >= 11 is 1.72. The maximum absolute atomic E-state index is 12.7. The number of H-pyrrole nitrogens is 1. The van der Waals surface area contributed by atoms with Crippen LogP contribution < -0.4 is 24.8 Å². The van der Waals surface area contributed by atoms with E-state index in [0.29, 0.717) is 6.79 Å². The molecule has 4 heterocycles. The second-order valence-corrected chi connectivity index (χ2v) is 9.67. The Bertz CT molecular complexity index is 1160. The number of nitrogens with one attached hydrogen (secondary N) is 3. The number of quaternary nitrogens is 2. The number of ether oxygens (including phenoxy) is 2. The molecule has 7 nitrogen and oxygen atoms in total. The van der Waals surface area contributed by atoms with Crippen LogP contribution in [0, 0.1) is 0 Å². The van der Waals surface area contributed by atoms with Crippen LogP contribution in [0.2, 0.25) is 0 Å². The second-order valence-electron chi connectivity index (χ2n) is 8.59. The van der Waals surface area contributed by atoms with Crippen molar-refractivity contribution in [2.45, 2.75) is 32.4 Å². The molecule has 3 aromatic rings. The third kappa shape index (κ3) is 3.29. The molecule has 156 valence electrons. The molecule has 2 aliphatic heterocycles. The van der Waals surface area contributed by atoms with Crippen LogP contribution in [0.15, 0.2) is 23.0 Å². The van der Waals surface area contributed by atoms with Crippen molar-refractivity contribution in [3.8, 4) is 11.5 Å². The molecule has 0 spiro atoms. The largest absolute Gasteiger partial charge is 0.454 e. The van der Waals surface area contributed by atoms with Gasteiger partial charge in [0.1, 0.15) is 44.1 Å². The van der Waals surface area contributed by atoms with Crippen LogP contribution in [0.5, 0.6) is 11.5 Å². The summed E-state index contributed by atoms with van der Waals surface area (Å²) in [5.74, 6) is 2.54. The predicted molar refractivity (Wildman–Crippen MR) is 114 cm³/mol. The first kappa shape index (κ1) is 18.4. The lowest BCUT2D eigenvalue weighted by Crippen LogP contribution is -3.27. The van der Waals surface area contributed by atoms with Crippen molar-refractivity contribution in [3.63, 3.8) is 0 Å². The van der Waals surface area contributed by atoms with Crippen molar-refractivity contribution in [1.82, 2.24) is 9.97 Å². The van der Waals surface area contributed by atoms with Crippen molar-refractivity contribution in [1.29, 1.82) is 0 Å². The summed E-state index contributed by atoms with van der Waals surface area (Å²) in [6, 6.07) is 6.26. The summed E-state index contributed by atoms with van der Waals surface area (Å²) < 4.78 is 10.9. The van der Waals surface area contributed by atoms with Crippen LogP contribution in [0.25, 0.3) is 10.2 Å². The Morgan fingerprint density at radius 1 is 1.03 bits per heavy atom. The summed E-state index contributed by atoms with van der Waals surface area (Å²) in [5.41, 5.74) is 2.60. The number of thiophene rings is 1. The molecule has 3 N–H and O–H groups in total. The van der Waals surface area contributed by atoms with E-state index in [0.717, 1.165) is 79.7 Å². The van der Waals surface area contributed by atoms with Gasteiger partial charge in [-0.05, 0) is 43.0 Å². The average Bonchev–Trinajstić information content (AvgIpc) is 3.44. The molecule has 30 heavy (non-hydrogen) atoms. The quantitative estimate of drug-likeness (QED) is 0.535. The number of aromatic amines is 1. The molecule has 1 aromatic carbocycles. The average molecular weight is 427 g/mol. The highest BCUT2D eigenvalue weighted by atomic mass is 32.1. The molecular weight excluding hydrogens is 400 g/mol. The fourth-order valence-corrected chi connectivity index (χ4v) is 6.30. The van der Waals surface area contributed by atoms with Gasteiger partial charge in [-0.25, -0.2) is 4.98 Å². The molecule has 1 aliphatic carbocycles. The van der Waals surface area contributed by atoms with E-state index in [4.69, 9.17) is 14.5 Å². The van der Waals surface area contributed by atoms with Crippen molar-refractivity contribution >= 4 is 21.6 Å². The number of hydrogen-bond acceptors (Lipinski definition) is 5. The summed E-state index contributed by atoms with van der Waals surface area (Å²) in [7, 11) is 0. The monoisotopic (exact) mass is 426 g/mol. The predicted octanol–water partition coefficient (Wildman–Crippen LogP) is -0.314. The van der Waals surface area contributed by atoms with E-state index in [1.807, 2.05) is 6.07 Å². The standard InChI is InChI=1S/C22H24N4O3S/c27-21-20-15-2-1-3-18(15)30-22(20)24-19(23-21)12-26-8-6-25(7-9-26)11-14-4-5-16-17(10-14)29-13-28-16/h4-5,10H,1-3,6-9,11-13H2,(H,23,24,27)/p+2. The Balaban J connectivity index is 1.10. The molecule has 0 radical (unpaired) electrons. The number of aryl methyl sites for hydroxylation is 2. The van der Waals surface area contributed by atoms with E-state index < -0.39 is 0 Å². The van der Waals surface area contributed by atoms with Crippen LogP contribution in [-0.2, 0) is 25.9 Å². The van der Waals surface area contributed by atoms with Crippen LogP contribution in [0.3, 0.4) is 0 Å². The Labute approximate surface area is 178 Å². The molecule has 0 saturated carbocycles. The van der Waals surface area contributed by atoms with Gasteiger partial charge in [0.2, 0.25) is 6.79 Å². The summed E-state index contributed by atoms with van der Waals surface area (Å²) in [6.45, 7) is 6.53. The van der Waals surface area contributed by atoms with E-state index in [9.17, 15) is 4.79 Å². The van der Waals surface area contributed by atoms with E-state index in [1.54, 1.807) is 16.2 Å². The van der Waals surface area contributed by atoms with Gasteiger partial charge in [0.15, 0.2) is 17.3 Å². The Morgan fingerprint density at radius 2 is 1.83 bits per heavy atom. The first-order valence-corrected chi connectivity index (χ1v) is 11.6. The van der Waals surface area contributed by atoms with Gasteiger partial charge in [0, 0.05) is 10.4 Å². The van der Waals surface area contributed by atoms with Crippen molar-refractivity contribution in [2.24, 2.45) is 0 Å². The minimum Gasteiger partial charge on any atom is -0.454 e. The van der Waals surface area contributed by atoms with Gasteiger partial charge in [-0.3, -0.25) is 4.79 Å². The highest BCUT2D eigenvalue weighted by Gasteiger charge is 2.26. The Kier molecular flexibility index (Phi) is 4.51. The molecule has 2 aromatic heterocycles. The topological polar surface area (TPSA) is 73.1 Å². The number of hydrogen-bond donors (Lipinski definition) is 3. The molecule has 6 rings (SSSR count). The van der Waals surface area contributed by atoms with Crippen molar-refractivity contribution in [2.75, 3.05) is 33.0 Å². The maximum Gasteiger partial charge on any atom is 0.260 e. The Morgan fingerprint density at radius 3 is 2.70 bits per heavy atom. The number of rotatable bonds is 4. The van der Waals surface area contributed by atoms with Gasteiger partial charge in [0.25, 0.3) is 5.56 Å². The number of piperazine rings is 1. The number of benzene rings is 1. The molecule has 0 atom stereocenters. The minimum absolute atomic E-state index is 0.0564. The van der Waals surface area contributed by atoms with Gasteiger partial charge < -0.3 is 24.3 Å². The lowest BCUT2D eigenvalue weighted by molar-refractivity contribution is -1.02.